The standard InChI is InChI=1S/C16H10N3O5S.C14H21NO9.Na/c20-19(21)12-8-9-15(16(10-12)25(22,23)24)18-17-14-7-3-5-11-4-1-2-6-13(11)14;1-6(17)12(21)11(15-7(2)18)14(24-9(4)20)13(22)10(5-16)23-8(3)19;/h1-4,6-10H,(H,22,23,24);10-11,13-14,16,22H,5H2,1-4H3,(H,15,18);/t;10-,11+,13-,14-;/m.1./s1. The van der Waals surface area contributed by atoms with Crippen LogP contribution in [0.2, 0.25) is 0 Å². The number of aliphatic hydroxyl groups is 2. The van der Waals surface area contributed by atoms with Gasteiger partial charge in [0.1, 0.15) is 12.1 Å². The van der Waals surface area contributed by atoms with Crippen LogP contribution in [0, 0.1) is 10.1 Å². The molecule has 0 spiro atoms. The number of nitro benzene ring substituents is 1. The van der Waals surface area contributed by atoms with Crippen molar-refractivity contribution in [2.75, 3.05) is 6.61 Å². The maximum absolute atomic E-state index is 12.0. The number of ketones is 2. The van der Waals surface area contributed by atoms with Crippen molar-refractivity contribution in [1.29, 1.82) is 0 Å². The average molecular weight is 727 g/mol. The first-order valence-corrected chi connectivity index (χ1v) is 16.8. The number of fused-ring (bicyclic) bond motifs is 1. The molecule has 0 aliphatic heterocycles. The second kappa shape index (κ2) is 18.5. The topological polar surface area (TPSA) is 279 Å². The van der Waals surface area contributed by atoms with Crippen LogP contribution < -0.4 is 8.13 Å². The number of hydrogen-bond acceptors (Lipinski definition) is 15. The van der Waals surface area contributed by atoms with Crippen LogP contribution in [0.15, 0.2) is 69.7 Å². The Bertz CT molecular complexity index is 1940. The van der Waals surface area contributed by atoms with Crippen LogP contribution in [0.1, 0.15) is 27.7 Å². The molecule has 0 aliphatic carbocycles. The normalized spacial score (nSPS) is 13.6. The molecule has 0 fully saturated rings. The molecule has 0 bridgehead atoms. The van der Waals surface area contributed by atoms with Crippen molar-refractivity contribution >= 4 is 98.1 Å². The molecule has 50 heavy (non-hydrogen) atoms. The Balaban J connectivity index is 0.000000349. The van der Waals surface area contributed by atoms with Crippen molar-refractivity contribution in [3.05, 3.63) is 64.7 Å². The molecule has 0 saturated heterocycles. The molecule has 4 atom stereocenters. The maximum atomic E-state index is 12.0. The third kappa shape index (κ3) is 11.8. The molecule has 0 aliphatic rings. The number of hydrogen-bond donors (Lipinski definition) is 4. The van der Waals surface area contributed by atoms with Crippen LogP contribution in [0.25, 0.3) is 10.8 Å². The van der Waals surface area contributed by atoms with E-state index in [2.05, 4.69) is 20.3 Å². The van der Waals surface area contributed by atoms with Crippen LogP contribution >= 0.6 is 0 Å². The van der Waals surface area contributed by atoms with Gasteiger partial charge in [-0.1, -0.05) is 0 Å². The third-order valence-electron chi connectivity index (χ3n) is 6.65. The predicted octanol–water partition coefficient (Wildman–Crippen LogP) is 1.07. The van der Waals surface area contributed by atoms with Gasteiger partial charge in [0, 0.05) is 27.7 Å². The molecule has 0 heterocycles. The van der Waals surface area contributed by atoms with Gasteiger partial charge in [-0.3, -0.25) is 24.0 Å². The van der Waals surface area contributed by atoms with Crippen molar-refractivity contribution in [3.63, 3.8) is 0 Å². The Kier molecular flexibility index (Phi) is 15.4. The van der Waals surface area contributed by atoms with Gasteiger partial charge in [-0.25, -0.2) is 0 Å². The number of rotatable bonds is 13. The van der Waals surface area contributed by atoms with E-state index < -0.39 is 86.0 Å². The summed E-state index contributed by atoms with van der Waals surface area (Å²) in [4.78, 5) is 66.3. The molecule has 4 N–H and O–H groups in total. The fraction of sp³-hybridized carbons (Fsp3) is 0.300. The zero-order valence-corrected chi connectivity index (χ0v) is 30.1. The second-order valence-electron chi connectivity index (χ2n) is 10.5. The number of non-ortho nitro benzene ring substituents is 1. The van der Waals surface area contributed by atoms with Gasteiger partial charge in [0.05, 0.1) is 6.61 Å². The Morgan fingerprint density at radius 2 is 1.48 bits per heavy atom. The van der Waals surface area contributed by atoms with Crippen LogP contribution in [0.4, 0.5) is 17.1 Å². The molecule has 0 radical (unpaired) electrons. The van der Waals surface area contributed by atoms with E-state index in [9.17, 15) is 57.3 Å². The number of carbonyl (C=O) groups excluding carboxylic acids is 5. The molecule has 0 unspecified atom stereocenters. The summed E-state index contributed by atoms with van der Waals surface area (Å²) < 4.78 is 43.1. The zero-order valence-electron chi connectivity index (χ0n) is 27.3. The summed E-state index contributed by atoms with van der Waals surface area (Å²) in [5.74, 6) is -4.58. The SMILES string of the molecule is CC(=O)N[C@@H](C(=O)C(C)=O)[C@@H](OC(C)=O)[C@H](O)[C@@H](CO)OC(C)=O.O=[N+]([O-])c1ccc(N=Nc2cc[c]([Na])c3ccccc23)c(S(=O)(=O)O)c1. The van der Waals surface area contributed by atoms with E-state index in [0.29, 0.717) is 5.69 Å². The monoisotopic (exact) mass is 726 g/mol. The minimum atomic E-state index is -4.70. The van der Waals surface area contributed by atoms with Crippen molar-refractivity contribution in [3.8, 4) is 0 Å². The molecular formula is C30H31N4NaO14S. The molecule has 3 aromatic rings. The number of nitrogens with one attached hydrogen (secondary N) is 1. The predicted molar refractivity (Wildman–Crippen MR) is 174 cm³/mol. The molecule has 0 saturated carbocycles. The minimum absolute atomic E-state index is 0.183. The number of nitrogens with zero attached hydrogens (tertiary/aromatic N) is 3. The Hall–Kier alpha value is -4.50. The number of nitro groups is 1. The van der Waals surface area contributed by atoms with E-state index in [-0.39, 0.29) is 5.69 Å². The van der Waals surface area contributed by atoms with E-state index in [1.54, 1.807) is 6.07 Å². The molecule has 3 aromatic carbocycles. The molecule has 20 heteroatoms. The summed E-state index contributed by atoms with van der Waals surface area (Å²) in [5, 5.41) is 42.3. The van der Waals surface area contributed by atoms with Crippen LogP contribution in [0.3, 0.4) is 0 Å². The number of amides is 1. The molecule has 1 amide bonds. The van der Waals surface area contributed by atoms with Crippen LogP contribution in [0.5, 0.6) is 0 Å². The number of carbonyl (C=O) groups is 5. The van der Waals surface area contributed by atoms with Crippen molar-refractivity contribution < 1.29 is 61.6 Å². The number of benzene rings is 3. The fourth-order valence-electron chi connectivity index (χ4n) is 4.44. The van der Waals surface area contributed by atoms with Gasteiger partial charge < -0.3 is 25.0 Å². The zero-order chi connectivity index (χ0) is 37.9. The van der Waals surface area contributed by atoms with Gasteiger partial charge in [-0.2, -0.15) is 0 Å². The van der Waals surface area contributed by atoms with Crippen molar-refractivity contribution in [1.82, 2.24) is 5.32 Å². The molecule has 18 nitrogen and oxygen atoms in total. The van der Waals surface area contributed by atoms with Gasteiger partial charge >= 0.3 is 178 Å². The van der Waals surface area contributed by atoms with Gasteiger partial charge in [0.25, 0.3) is 0 Å². The molecule has 3 rings (SSSR count). The second-order valence-corrected chi connectivity index (χ2v) is 13.0. The molecule has 262 valence electrons. The van der Waals surface area contributed by atoms with E-state index in [1.165, 1.54) is 2.81 Å². The Labute approximate surface area is 302 Å². The van der Waals surface area contributed by atoms with Crippen molar-refractivity contribution in [2.24, 2.45) is 10.2 Å². The number of Topliss-reactive ketones (excluding diaryl/α,β-unsaturated/α-hetero) is 2. The van der Waals surface area contributed by atoms with Gasteiger partial charge in [-0.05, 0) is 0 Å². The molecule has 0 aromatic heterocycles. The van der Waals surface area contributed by atoms with Gasteiger partial charge in [0.2, 0.25) is 11.7 Å². The summed E-state index contributed by atoms with van der Waals surface area (Å²) in [7, 11) is -4.70. The first-order valence-electron chi connectivity index (χ1n) is 14.4. The Morgan fingerprint density at radius 1 is 0.920 bits per heavy atom. The van der Waals surface area contributed by atoms with E-state index in [0.717, 1.165) is 84.6 Å². The van der Waals surface area contributed by atoms with Gasteiger partial charge in [-0.15, -0.1) is 0 Å². The fourth-order valence-corrected chi connectivity index (χ4v) is 5.68. The van der Waals surface area contributed by atoms with E-state index >= 15 is 0 Å². The van der Waals surface area contributed by atoms with Gasteiger partial charge in [0.15, 0.2) is 18.0 Å². The van der Waals surface area contributed by atoms with E-state index in [4.69, 9.17) is 4.74 Å². The van der Waals surface area contributed by atoms with Crippen LogP contribution in [-0.4, -0.2) is 116 Å². The van der Waals surface area contributed by atoms with E-state index in [1.807, 2.05) is 30.3 Å². The first-order chi connectivity index (χ1) is 23.3. The quantitative estimate of drug-likeness (QED) is 0.0365. The third-order valence-corrected chi connectivity index (χ3v) is 8.41. The number of ether oxygens (including phenoxy) is 2. The van der Waals surface area contributed by atoms with Crippen molar-refractivity contribution in [2.45, 2.75) is 56.9 Å². The summed E-state index contributed by atoms with van der Waals surface area (Å²) in [6.07, 6.45) is -5.16. The Morgan fingerprint density at radius 3 is 1.98 bits per heavy atom. The summed E-state index contributed by atoms with van der Waals surface area (Å²) >= 11 is 0.856. The first kappa shape index (κ1) is 41.7. The number of aliphatic hydroxyl groups excluding tert-OH is 2. The number of esters is 2. The molecular weight excluding hydrogens is 695 g/mol. The van der Waals surface area contributed by atoms with Crippen LogP contribution in [-0.2, 0) is 43.6 Å². The summed E-state index contributed by atoms with van der Waals surface area (Å²) in [6, 6.07) is 12.6. The average Bonchev–Trinajstić information content (AvgIpc) is 3.03. The number of azo groups is 1. The summed E-state index contributed by atoms with van der Waals surface area (Å²) in [5.41, 5.74) is -0.126. The summed E-state index contributed by atoms with van der Waals surface area (Å²) in [6.45, 7) is 3.13.